The standard InChI is InChI=1S/C20H29ClN6.HI/c1-16-15-17(2)27(24-16)10-6-9-23-20(22-3)26-13-11-25(12-14-26)19-8-5-4-7-18(19)21;/h4-5,7-8,15H,6,9-14H2,1-3H3,(H,22,23);1H. The Labute approximate surface area is 190 Å². The minimum absolute atomic E-state index is 0. The Kier molecular flexibility index (Phi) is 8.88. The molecular formula is C20H30ClIN6. The van der Waals surface area contributed by atoms with Crippen LogP contribution in [0.2, 0.25) is 5.02 Å². The molecule has 154 valence electrons. The summed E-state index contributed by atoms with van der Waals surface area (Å²) in [6.45, 7) is 9.69. The normalized spacial score (nSPS) is 14.8. The predicted molar refractivity (Wildman–Crippen MR) is 128 cm³/mol. The van der Waals surface area contributed by atoms with Crippen molar-refractivity contribution in [2.24, 2.45) is 4.99 Å². The summed E-state index contributed by atoms with van der Waals surface area (Å²) in [6, 6.07) is 10.2. The Morgan fingerprint density at radius 1 is 1.18 bits per heavy atom. The number of hydrogen-bond donors (Lipinski definition) is 1. The summed E-state index contributed by atoms with van der Waals surface area (Å²) in [6.07, 6.45) is 1.01. The monoisotopic (exact) mass is 516 g/mol. The van der Waals surface area contributed by atoms with Gasteiger partial charge >= 0.3 is 0 Å². The second-order valence-electron chi connectivity index (χ2n) is 6.90. The zero-order valence-corrected chi connectivity index (χ0v) is 19.9. The number of nitrogens with one attached hydrogen (secondary N) is 1. The van der Waals surface area contributed by atoms with Gasteiger partial charge in [0.15, 0.2) is 5.96 Å². The summed E-state index contributed by atoms with van der Waals surface area (Å²) in [4.78, 5) is 9.12. The van der Waals surface area contributed by atoms with Gasteiger partial charge < -0.3 is 15.1 Å². The topological polar surface area (TPSA) is 48.7 Å². The first kappa shape index (κ1) is 22.8. The van der Waals surface area contributed by atoms with Gasteiger partial charge in [0.2, 0.25) is 0 Å². The highest BCUT2D eigenvalue weighted by Gasteiger charge is 2.20. The van der Waals surface area contributed by atoms with Gasteiger partial charge in [-0.3, -0.25) is 9.67 Å². The van der Waals surface area contributed by atoms with Crippen LogP contribution in [0.4, 0.5) is 5.69 Å². The van der Waals surface area contributed by atoms with E-state index in [9.17, 15) is 0 Å². The van der Waals surface area contributed by atoms with E-state index < -0.39 is 0 Å². The van der Waals surface area contributed by atoms with Crippen molar-refractivity contribution in [3.05, 3.63) is 46.7 Å². The molecule has 1 aromatic carbocycles. The zero-order valence-electron chi connectivity index (χ0n) is 16.9. The first-order valence-electron chi connectivity index (χ1n) is 9.54. The van der Waals surface area contributed by atoms with Crippen LogP contribution in [0.5, 0.6) is 0 Å². The number of aliphatic imine (C=N–C) groups is 1. The molecule has 0 spiro atoms. The molecule has 8 heteroatoms. The highest BCUT2D eigenvalue weighted by Crippen LogP contribution is 2.25. The van der Waals surface area contributed by atoms with E-state index in [1.54, 1.807) is 0 Å². The Bertz CT molecular complexity index is 783. The van der Waals surface area contributed by atoms with E-state index in [1.807, 2.05) is 32.2 Å². The van der Waals surface area contributed by atoms with E-state index in [0.29, 0.717) is 0 Å². The largest absolute Gasteiger partial charge is 0.367 e. The smallest absolute Gasteiger partial charge is 0.193 e. The number of rotatable bonds is 5. The van der Waals surface area contributed by atoms with Gasteiger partial charge in [-0.25, -0.2) is 0 Å². The minimum atomic E-state index is 0. The maximum Gasteiger partial charge on any atom is 0.193 e. The maximum atomic E-state index is 6.33. The van der Waals surface area contributed by atoms with Gasteiger partial charge in [-0.15, -0.1) is 24.0 Å². The predicted octanol–water partition coefficient (Wildman–Crippen LogP) is 3.56. The quantitative estimate of drug-likeness (QED) is 0.286. The van der Waals surface area contributed by atoms with Crippen LogP contribution in [0.15, 0.2) is 35.3 Å². The molecule has 0 atom stereocenters. The fourth-order valence-electron chi connectivity index (χ4n) is 3.53. The molecule has 1 saturated heterocycles. The molecule has 1 aliphatic rings. The van der Waals surface area contributed by atoms with Gasteiger partial charge in [-0.1, -0.05) is 23.7 Å². The number of piperazine rings is 1. The number of hydrogen-bond acceptors (Lipinski definition) is 3. The van der Waals surface area contributed by atoms with E-state index in [1.165, 1.54) is 5.69 Å². The van der Waals surface area contributed by atoms with Gasteiger partial charge in [-0.2, -0.15) is 5.10 Å². The van der Waals surface area contributed by atoms with Crippen LogP contribution in [-0.4, -0.2) is 60.4 Å². The molecule has 0 bridgehead atoms. The van der Waals surface area contributed by atoms with Crippen LogP contribution < -0.4 is 10.2 Å². The van der Waals surface area contributed by atoms with Crippen molar-refractivity contribution in [1.82, 2.24) is 20.0 Å². The Hall–Kier alpha value is -1.48. The molecule has 28 heavy (non-hydrogen) atoms. The van der Waals surface area contributed by atoms with Crippen molar-refractivity contribution >= 4 is 47.2 Å². The lowest BCUT2D eigenvalue weighted by Gasteiger charge is -2.38. The number of aryl methyl sites for hydroxylation is 3. The third-order valence-corrected chi connectivity index (χ3v) is 5.24. The summed E-state index contributed by atoms with van der Waals surface area (Å²) in [7, 11) is 1.85. The highest BCUT2D eigenvalue weighted by atomic mass is 127. The van der Waals surface area contributed by atoms with Gasteiger partial charge in [-0.05, 0) is 38.5 Å². The third-order valence-electron chi connectivity index (χ3n) is 4.92. The SMILES string of the molecule is CN=C(NCCCn1nc(C)cc1C)N1CCN(c2ccccc2Cl)CC1.I. The summed E-state index contributed by atoms with van der Waals surface area (Å²) in [5.41, 5.74) is 3.41. The number of benzene rings is 1. The van der Waals surface area contributed by atoms with E-state index in [-0.39, 0.29) is 24.0 Å². The number of aromatic nitrogens is 2. The second kappa shape index (κ2) is 10.9. The number of anilines is 1. The van der Waals surface area contributed by atoms with Gasteiger partial charge in [0.1, 0.15) is 0 Å². The molecule has 0 radical (unpaired) electrons. The van der Waals surface area contributed by atoms with E-state index in [2.05, 4.69) is 48.9 Å². The number of nitrogens with zero attached hydrogens (tertiary/aromatic N) is 5. The number of halogens is 2. The molecule has 1 fully saturated rings. The molecule has 1 aromatic heterocycles. The molecule has 2 heterocycles. The highest BCUT2D eigenvalue weighted by molar-refractivity contribution is 14.0. The lowest BCUT2D eigenvalue weighted by atomic mass is 10.2. The summed E-state index contributed by atoms with van der Waals surface area (Å²) in [5, 5.41) is 8.82. The minimum Gasteiger partial charge on any atom is -0.367 e. The Morgan fingerprint density at radius 2 is 1.89 bits per heavy atom. The van der Waals surface area contributed by atoms with Crippen molar-refractivity contribution in [2.75, 3.05) is 44.7 Å². The molecule has 0 amide bonds. The fourth-order valence-corrected chi connectivity index (χ4v) is 3.79. The summed E-state index contributed by atoms with van der Waals surface area (Å²) < 4.78 is 2.07. The van der Waals surface area contributed by atoms with Crippen LogP contribution in [0.3, 0.4) is 0 Å². The van der Waals surface area contributed by atoms with Crippen LogP contribution in [0.25, 0.3) is 0 Å². The average Bonchev–Trinajstić information content (AvgIpc) is 3.00. The first-order valence-corrected chi connectivity index (χ1v) is 9.92. The first-order chi connectivity index (χ1) is 13.1. The lowest BCUT2D eigenvalue weighted by molar-refractivity contribution is 0.371. The molecule has 1 aliphatic heterocycles. The van der Waals surface area contributed by atoms with Crippen LogP contribution in [0, 0.1) is 13.8 Å². The van der Waals surface area contributed by atoms with Gasteiger partial charge in [0.25, 0.3) is 0 Å². The van der Waals surface area contributed by atoms with Crippen molar-refractivity contribution < 1.29 is 0 Å². The average molecular weight is 517 g/mol. The summed E-state index contributed by atoms with van der Waals surface area (Å²) in [5.74, 6) is 0.974. The van der Waals surface area contributed by atoms with Crippen LogP contribution >= 0.6 is 35.6 Å². The van der Waals surface area contributed by atoms with Crippen molar-refractivity contribution in [1.29, 1.82) is 0 Å². The Balaban J connectivity index is 0.00000280. The molecule has 0 saturated carbocycles. The second-order valence-corrected chi connectivity index (χ2v) is 7.31. The van der Waals surface area contributed by atoms with Crippen molar-refractivity contribution in [2.45, 2.75) is 26.8 Å². The Morgan fingerprint density at radius 3 is 2.50 bits per heavy atom. The van der Waals surface area contributed by atoms with Crippen LogP contribution in [0.1, 0.15) is 17.8 Å². The van der Waals surface area contributed by atoms with E-state index >= 15 is 0 Å². The van der Waals surface area contributed by atoms with Gasteiger partial charge in [0, 0.05) is 52.0 Å². The maximum absolute atomic E-state index is 6.33. The summed E-state index contributed by atoms with van der Waals surface area (Å²) >= 11 is 6.33. The van der Waals surface area contributed by atoms with Crippen molar-refractivity contribution in [3.63, 3.8) is 0 Å². The molecule has 3 rings (SSSR count). The van der Waals surface area contributed by atoms with Crippen molar-refractivity contribution in [3.8, 4) is 0 Å². The molecule has 6 nitrogen and oxygen atoms in total. The molecule has 2 aromatic rings. The fraction of sp³-hybridized carbons (Fsp3) is 0.500. The molecule has 0 aliphatic carbocycles. The van der Waals surface area contributed by atoms with Crippen LogP contribution in [-0.2, 0) is 6.54 Å². The zero-order chi connectivity index (χ0) is 19.2. The van der Waals surface area contributed by atoms with Gasteiger partial charge in [0.05, 0.1) is 16.4 Å². The number of guanidine groups is 1. The molecule has 0 unspecified atom stereocenters. The molecule has 1 N–H and O–H groups in total. The third kappa shape index (κ3) is 5.76. The molecular weight excluding hydrogens is 487 g/mol. The van der Waals surface area contributed by atoms with E-state index in [4.69, 9.17) is 11.6 Å². The van der Waals surface area contributed by atoms with E-state index in [0.717, 1.165) is 68.1 Å². The lowest BCUT2D eigenvalue weighted by Crippen LogP contribution is -2.52. The number of para-hydroxylation sites is 1.